The van der Waals surface area contributed by atoms with Gasteiger partial charge in [-0.05, 0) is 49.2 Å². The lowest BCUT2D eigenvalue weighted by molar-refractivity contribution is 0.0948. The Morgan fingerprint density at radius 1 is 0.906 bits per heavy atom. The number of hydrogen-bond acceptors (Lipinski definition) is 6. The van der Waals surface area contributed by atoms with Crippen molar-refractivity contribution in [3.8, 4) is 0 Å². The Labute approximate surface area is 189 Å². The number of hydrogen-bond donors (Lipinski definition) is 2. The fraction of sp³-hybridized carbons (Fsp3) is 0.320. The SMILES string of the molecule is Cc1cccc(Nc2ccccc2C(=O)NCCN2CCN(c3ncccn3)CC2)c1C. The first-order valence-electron chi connectivity index (χ1n) is 11.1. The monoisotopic (exact) mass is 430 g/mol. The number of aryl methyl sites for hydroxylation is 1. The molecule has 1 saturated heterocycles. The normalized spacial score (nSPS) is 14.2. The summed E-state index contributed by atoms with van der Waals surface area (Å²) >= 11 is 0. The molecule has 7 nitrogen and oxygen atoms in total. The van der Waals surface area contributed by atoms with E-state index in [9.17, 15) is 4.79 Å². The molecule has 32 heavy (non-hydrogen) atoms. The van der Waals surface area contributed by atoms with Crippen LogP contribution in [-0.4, -0.2) is 60.0 Å². The molecule has 2 heterocycles. The van der Waals surface area contributed by atoms with Crippen molar-refractivity contribution in [3.63, 3.8) is 0 Å². The zero-order valence-electron chi connectivity index (χ0n) is 18.7. The van der Waals surface area contributed by atoms with Crippen molar-refractivity contribution >= 4 is 23.2 Å². The van der Waals surface area contributed by atoms with E-state index in [1.165, 1.54) is 11.1 Å². The summed E-state index contributed by atoms with van der Waals surface area (Å²) in [6.45, 7) is 9.25. The highest BCUT2D eigenvalue weighted by atomic mass is 16.1. The average molecular weight is 431 g/mol. The molecule has 1 amide bonds. The second-order valence-corrected chi connectivity index (χ2v) is 8.05. The molecule has 0 saturated carbocycles. The summed E-state index contributed by atoms with van der Waals surface area (Å²) in [6, 6.07) is 15.6. The van der Waals surface area contributed by atoms with E-state index in [-0.39, 0.29) is 5.91 Å². The molecule has 2 aromatic carbocycles. The van der Waals surface area contributed by atoms with Crippen molar-refractivity contribution in [3.05, 3.63) is 77.6 Å². The van der Waals surface area contributed by atoms with E-state index >= 15 is 0 Å². The highest BCUT2D eigenvalue weighted by Crippen LogP contribution is 2.25. The largest absolute Gasteiger partial charge is 0.355 e. The Hall–Kier alpha value is -3.45. The van der Waals surface area contributed by atoms with Crippen molar-refractivity contribution in [2.75, 3.05) is 49.5 Å². The van der Waals surface area contributed by atoms with Crippen LogP contribution in [0.2, 0.25) is 0 Å². The topological polar surface area (TPSA) is 73.4 Å². The molecule has 1 aliphatic rings. The number of nitrogens with zero attached hydrogens (tertiary/aromatic N) is 4. The van der Waals surface area contributed by atoms with Crippen LogP contribution in [0.1, 0.15) is 21.5 Å². The molecule has 0 unspecified atom stereocenters. The van der Waals surface area contributed by atoms with Crippen LogP contribution in [0.5, 0.6) is 0 Å². The van der Waals surface area contributed by atoms with Crippen LogP contribution in [0.4, 0.5) is 17.3 Å². The Balaban J connectivity index is 1.29. The minimum absolute atomic E-state index is 0.0604. The lowest BCUT2D eigenvalue weighted by atomic mass is 10.1. The molecule has 0 atom stereocenters. The van der Waals surface area contributed by atoms with Crippen LogP contribution < -0.4 is 15.5 Å². The summed E-state index contributed by atoms with van der Waals surface area (Å²) < 4.78 is 0. The first-order valence-corrected chi connectivity index (χ1v) is 11.1. The van der Waals surface area contributed by atoms with Crippen LogP contribution in [-0.2, 0) is 0 Å². The number of nitrogens with one attached hydrogen (secondary N) is 2. The van der Waals surface area contributed by atoms with Gasteiger partial charge in [0.2, 0.25) is 5.95 Å². The second kappa shape index (κ2) is 10.2. The first-order chi connectivity index (χ1) is 15.6. The molecule has 3 aromatic rings. The number of piperazine rings is 1. The van der Waals surface area contributed by atoms with Gasteiger partial charge in [0.1, 0.15) is 0 Å². The fourth-order valence-electron chi connectivity index (χ4n) is 3.87. The van der Waals surface area contributed by atoms with Gasteiger partial charge in [-0.3, -0.25) is 9.69 Å². The first kappa shape index (κ1) is 21.8. The maximum absolute atomic E-state index is 12.9. The number of carbonyl (C=O) groups excluding carboxylic acids is 1. The van der Waals surface area contributed by atoms with Gasteiger partial charge in [0.05, 0.1) is 11.3 Å². The molecule has 0 bridgehead atoms. The quantitative estimate of drug-likeness (QED) is 0.599. The summed E-state index contributed by atoms with van der Waals surface area (Å²) in [6.07, 6.45) is 3.55. The molecule has 0 spiro atoms. The predicted octanol–water partition coefficient (Wildman–Crippen LogP) is 3.39. The molecular weight excluding hydrogens is 400 g/mol. The van der Waals surface area contributed by atoms with Crippen LogP contribution in [0.3, 0.4) is 0 Å². The van der Waals surface area contributed by atoms with Crippen LogP contribution >= 0.6 is 0 Å². The summed E-state index contributed by atoms with van der Waals surface area (Å²) in [5, 5.41) is 6.52. The standard InChI is InChI=1S/C25H30N6O/c1-19-7-5-10-22(20(19)2)29-23-9-4-3-8-21(23)24(32)26-13-14-30-15-17-31(18-16-30)25-27-11-6-12-28-25/h3-12,29H,13-18H2,1-2H3,(H,26,32). The Bertz CT molecular complexity index is 1050. The Morgan fingerprint density at radius 2 is 1.62 bits per heavy atom. The second-order valence-electron chi connectivity index (χ2n) is 8.05. The van der Waals surface area contributed by atoms with E-state index in [1.54, 1.807) is 12.4 Å². The lowest BCUT2D eigenvalue weighted by Gasteiger charge is -2.34. The van der Waals surface area contributed by atoms with Gasteiger partial charge in [-0.1, -0.05) is 24.3 Å². The summed E-state index contributed by atoms with van der Waals surface area (Å²) in [5.74, 6) is 0.725. The molecule has 2 N–H and O–H groups in total. The Kier molecular flexibility index (Phi) is 6.97. The molecule has 0 radical (unpaired) electrons. The van der Waals surface area contributed by atoms with Gasteiger partial charge in [0.25, 0.3) is 5.91 Å². The highest BCUT2D eigenvalue weighted by molar-refractivity contribution is 6.00. The van der Waals surface area contributed by atoms with Crippen molar-refractivity contribution < 1.29 is 4.79 Å². The van der Waals surface area contributed by atoms with Gasteiger partial charge >= 0.3 is 0 Å². The van der Waals surface area contributed by atoms with Crippen LogP contribution in [0.15, 0.2) is 60.9 Å². The number of para-hydroxylation sites is 1. The Morgan fingerprint density at radius 3 is 2.41 bits per heavy atom. The van der Waals surface area contributed by atoms with Crippen molar-refractivity contribution in [2.45, 2.75) is 13.8 Å². The molecule has 4 rings (SSSR count). The zero-order valence-corrected chi connectivity index (χ0v) is 18.7. The van der Waals surface area contributed by atoms with Crippen LogP contribution in [0, 0.1) is 13.8 Å². The average Bonchev–Trinajstić information content (AvgIpc) is 2.83. The third-order valence-electron chi connectivity index (χ3n) is 5.97. The molecular formula is C25H30N6O. The van der Waals surface area contributed by atoms with Crippen molar-refractivity contribution in [1.29, 1.82) is 0 Å². The number of aromatic nitrogens is 2. The summed E-state index contributed by atoms with van der Waals surface area (Å²) in [4.78, 5) is 26.1. The molecule has 1 aliphatic heterocycles. The third-order valence-corrected chi connectivity index (χ3v) is 5.97. The third kappa shape index (κ3) is 5.23. The number of amides is 1. The minimum Gasteiger partial charge on any atom is -0.355 e. The van der Waals surface area contributed by atoms with E-state index in [4.69, 9.17) is 0 Å². The predicted molar refractivity (Wildman–Crippen MR) is 129 cm³/mol. The maximum atomic E-state index is 12.9. The van der Waals surface area contributed by atoms with Gasteiger partial charge in [-0.25, -0.2) is 9.97 Å². The fourth-order valence-corrected chi connectivity index (χ4v) is 3.87. The molecule has 7 heteroatoms. The zero-order chi connectivity index (χ0) is 22.3. The number of anilines is 3. The smallest absolute Gasteiger partial charge is 0.253 e. The molecule has 1 fully saturated rings. The van der Waals surface area contributed by atoms with E-state index in [0.29, 0.717) is 12.1 Å². The van der Waals surface area contributed by atoms with Crippen LogP contribution in [0.25, 0.3) is 0 Å². The molecule has 0 aliphatic carbocycles. The van der Waals surface area contributed by atoms with E-state index < -0.39 is 0 Å². The summed E-state index contributed by atoms with van der Waals surface area (Å²) in [5.41, 5.74) is 4.89. The van der Waals surface area contributed by atoms with E-state index in [1.807, 2.05) is 42.5 Å². The minimum atomic E-state index is -0.0604. The number of benzene rings is 2. The molecule has 166 valence electrons. The maximum Gasteiger partial charge on any atom is 0.253 e. The van der Waals surface area contributed by atoms with Gasteiger partial charge in [-0.2, -0.15) is 0 Å². The van der Waals surface area contributed by atoms with Crippen molar-refractivity contribution in [2.24, 2.45) is 0 Å². The lowest BCUT2D eigenvalue weighted by Crippen LogP contribution is -2.49. The van der Waals surface area contributed by atoms with Gasteiger partial charge in [-0.15, -0.1) is 0 Å². The van der Waals surface area contributed by atoms with E-state index in [0.717, 1.165) is 50.0 Å². The van der Waals surface area contributed by atoms with Gasteiger partial charge in [0, 0.05) is 57.3 Å². The highest BCUT2D eigenvalue weighted by Gasteiger charge is 2.19. The summed E-state index contributed by atoms with van der Waals surface area (Å²) in [7, 11) is 0. The number of rotatable bonds is 7. The molecule has 1 aromatic heterocycles. The van der Waals surface area contributed by atoms with E-state index in [2.05, 4.69) is 50.3 Å². The number of carbonyl (C=O) groups is 1. The van der Waals surface area contributed by atoms with Crippen molar-refractivity contribution in [1.82, 2.24) is 20.2 Å². The van der Waals surface area contributed by atoms with Gasteiger partial charge in [0.15, 0.2) is 0 Å². The van der Waals surface area contributed by atoms with Gasteiger partial charge < -0.3 is 15.5 Å².